The van der Waals surface area contributed by atoms with Gasteiger partial charge in [0.15, 0.2) is 0 Å². The van der Waals surface area contributed by atoms with Crippen molar-refractivity contribution in [1.29, 1.82) is 0 Å². The normalized spacial score (nSPS) is 10.5. The first kappa shape index (κ1) is 11.9. The van der Waals surface area contributed by atoms with Crippen LogP contribution in [-0.4, -0.2) is 20.2 Å². The van der Waals surface area contributed by atoms with Crippen molar-refractivity contribution in [2.75, 3.05) is 0 Å². The zero-order valence-electron chi connectivity index (χ0n) is 9.71. The van der Waals surface area contributed by atoms with Crippen molar-refractivity contribution in [3.05, 3.63) is 35.4 Å². The number of hydrogen-bond donors (Lipinski definition) is 1. The molecular weight excluding hydrogens is 234 g/mol. The molecule has 2 aromatic rings. The maximum absolute atomic E-state index is 5.76. The topological polar surface area (TPSA) is 77.6 Å². The van der Waals surface area contributed by atoms with Crippen LogP contribution in [0.15, 0.2) is 28.6 Å². The second kappa shape index (κ2) is 5.20. The van der Waals surface area contributed by atoms with Crippen molar-refractivity contribution >= 4 is 11.8 Å². The van der Waals surface area contributed by atoms with Crippen molar-refractivity contribution in [2.45, 2.75) is 30.4 Å². The molecule has 0 aliphatic heterocycles. The van der Waals surface area contributed by atoms with Gasteiger partial charge in [0, 0.05) is 24.5 Å². The van der Waals surface area contributed by atoms with Crippen LogP contribution >= 0.6 is 11.8 Å². The van der Waals surface area contributed by atoms with Crippen molar-refractivity contribution in [2.24, 2.45) is 5.73 Å². The van der Waals surface area contributed by atoms with Gasteiger partial charge in [-0.25, -0.2) is 4.98 Å². The Balaban J connectivity index is 2.37. The Morgan fingerprint density at radius 2 is 2.06 bits per heavy atom. The van der Waals surface area contributed by atoms with Crippen LogP contribution in [0.1, 0.15) is 16.8 Å². The number of nitrogens with zero attached hydrogens (tertiary/aromatic N) is 4. The van der Waals surface area contributed by atoms with E-state index < -0.39 is 0 Å². The molecule has 5 nitrogen and oxygen atoms in total. The van der Waals surface area contributed by atoms with Gasteiger partial charge in [-0.15, -0.1) is 5.10 Å². The number of aromatic nitrogens is 4. The molecule has 0 spiro atoms. The van der Waals surface area contributed by atoms with Gasteiger partial charge in [-0.1, -0.05) is 0 Å². The summed E-state index contributed by atoms with van der Waals surface area (Å²) in [6.07, 6.45) is 4.99. The van der Waals surface area contributed by atoms with Gasteiger partial charge in [-0.05, 0) is 31.2 Å². The highest BCUT2D eigenvalue weighted by atomic mass is 32.2. The Morgan fingerprint density at radius 3 is 2.71 bits per heavy atom. The molecule has 2 rings (SSSR count). The average molecular weight is 247 g/mol. The lowest BCUT2D eigenvalue weighted by Gasteiger charge is -2.09. The first-order valence-electron chi connectivity index (χ1n) is 5.19. The third kappa shape index (κ3) is 2.59. The summed E-state index contributed by atoms with van der Waals surface area (Å²) in [5, 5.41) is 9.87. The van der Waals surface area contributed by atoms with Crippen LogP contribution in [0, 0.1) is 13.8 Å². The number of rotatable bonds is 3. The lowest BCUT2D eigenvalue weighted by atomic mass is 10.1. The maximum atomic E-state index is 5.76. The van der Waals surface area contributed by atoms with Crippen molar-refractivity contribution < 1.29 is 0 Å². The molecule has 0 unspecified atom stereocenters. The zero-order valence-corrected chi connectivity index (χ0v) is 10.5. The van der Waals surface area contributed by atoms with E-state index in [1.807, 2.05) is 13.8 Å². The molecule has 0 amide bonds. The Morgan fingerprint density at radius 1 is 1.24 bits per heavy atom. The summed E-state index contributed by atoms with van der Waals surface area (Å²) < 4.78 is 0. The maximum Gasteiger partial charge on any atom is 0.130 e. The molecule has 0 radical (unpaired) electrons. The SMILES string of the molecule is Cc1nnc(Sc2cnccn2)c(CN)c1C. The zero-order chi connectivity index (χ0) is 12.3. The van der Waals surface area contributed by atoms with Crippen molar-refractivity contribution in [3.8, 4) is 0 Å². The second-order valence-corrected chi connectivity index (χ2v) is 4.55. The first-order valence-corrected chi connectivity index (χ1v) is 6.00. The molecule has 0 aliphatic carbocycles. The minimum Gasteiger partial charge on any atom is -0.326 e. The van der Waals surface area contributed by atoms with E-state index in [-0.39, 0.29) is 0 Å². The third-order valence-corrected chi connectivity index (χ3v) is 3.43. The summed E-state index contributed by atoms with van der Waals surface area (Å²) in [6, 6.07) is 0. The fourth-order valence-corrected chi connectivity index (χ4v) is 2.26. The lowest BCUT2D eigenvalue weighted by molar-refractivity contribution is 0.823. The molecule has 17 heavy (non-hydrogen) atoms. The second-order valence-electron chi connectivity index (χ2n) is 3.54. The predicted octanol–water partition coefficient (Wildman–Crippen LogP) is 1.49. The largest absolute Gasteiger partial charge is 0.326 e. The van der Waals surface area contributed by atoms with E-state index >= 15 is 0 Å². The number of hydrogen-bond acceptors (Lipinski definition) is 6. The van der Waals surface area contributed by atoms with Crippen molar-refractivity contribution in [3.63, 3.8) is 0 Å². The van der Waals surface area contributed by atoms with Crippen molar-refractivity contribution in [1.82, 2.24) is 20.2 Å². The molecule has 0 atom stereocenters. The minimum atomic E-state index is 0.449. The van der Waals surface area contributed by atoms with E-state index in [1.54, 1.807) is 18.6 Å². The standard InChI is InChI=1S/C11H13N5S/c1-7-8(2)15-16-11(9(7)5-12)17-10-6-13-3-4-14-10/h3-4,6H,5,12H2,1-2H3. The van der Waals surface area contributed by atoms with Crippen LogP contribution in [0.5, 0.6) is 0 Å². The molecular formula is C11H13N5S. The summed E-state index contributed by atoms with van der Waals surface area (Å²) in [6.45, 7) is 4.38. The summed E-state index contributed by atoms with van der Waals surface area (Å²) in [5.74, 6) is 0. The molecule has 88 valence electrons. The van der Waals surface area contributed by atoms with Gasteiger partial charge >= 0.3 is 0 Å². The molecule has 0 bridgehead atoms. The minimum absolute atomic E-state index is 0.449. The lowest BCUT2D eigenvalue weighted by Crippen LogP contribution is -2.07. The Labute approximate surface area is 104 Å². The Hall–Kier alpha value is -1.53. The van der Waals surface area contributed by atoms with E-state index in [0.717, 1.165) is 26.9 Å². The fraction of sp³-hybridized carbons (Fsp3) is 0.273. The van der Waals surface area contributed by atoms with Crippen LogP contribution in [0.25, 0.3) is 0 Å². The first-order chi connectivity index (χ1) is 8.22. The molecule has 0 fully saturated rings. The smallest absolute Gasteiger partial charge is 0.130 e. The average Bonchev–Trinajstić information content (AvgIpc) is 2.36. The van der Waals surface area contributed by atoms with E-state index in [1.165, 1.54) is 11.8 Å². The van der Waals surface area contributed by atoms with Gasteiger partial charge in [-0.3, -0.25) is 4.98 Å². The quantitative estimate of drug-likeness (QED) is 0.885. The van der Waals surface area contributed by atoms with Gasteiger partial charge in [0.2, 0.25) is 0 Å². The molecule has 0 aromatic carbocycles. The monoisotopic (exact) mass is 247 g/mol. The molecule has 0 aliphatic rings. The van der Waals surface area contributed by atoms with Crippen LogP contribution < -0.4 is 5.73 Å². The Bertz CT molecular complexity index is 515. The Kier molecular flexibility index (Phi) is 3.65. The summed E-state index contributed by atoms with van der Waals surface area (Å²) >= 11 is 1.43. The third-order valence-electron chi connectivity index (χ3n) is 2.49. The molecule has 0 saturated heterocycles. The summed E-state index contributed by atoms with van der Waals surface area (Å²) in [7, 11) is 0. The fourth-order valence-electron chi connectivity index (χ4n) is 1.39. The van der Waals surface area contributed by atoms with E-state index in [0.29, 0.717) is 6.54 Å². The molecule has 2 aromatic heterocycles. The van der Waals surface area contributed by atoms with Gasteiger partial charge in [0.05, 0.1) is 11.9 Å². The van der Waals surface area contributed by atoms with Gasteiger partial charge in [-0.2, -0.15) is 5.10 Å². The van der Waals surface area contributed by atoms with Gasteiger partial charge in [0.1, 0.15) is 10.1 Å². The molecule has 2 N–H and O–H groups in total. The molecule has 0 saturated carbocycles. The highest BCUT2D eigenvalue weighted by molar-refractivity contribution is 7.99. The van der Waals surface area contributed by atoms with E-state index in [2.05, 4.69) is 20.2 Å². The van der Waals surface area contributed by atoms with Gasteiger partial charge < -0.3 is 5.73 Å². The summed E-state index contributed by atoms with van der Waals surface area (Å²) in [5.41, 5.74) is 8.78. The van der Waals surface area contributed by atoms with E-state index in [4.69, 9.17) is 5.73 Å². The van der Waals surface area contributed by atoms with Crippen LogP contribution in [0.2, 0.25) is 0 Å². The van der Waals surface area contributed by atoms with Crippen LogP contribution in [0.4, 0.5) is 0 Å². The number of aryl methyl sites for hydroxylation is 1. The predicted molar refractivity (Wildman–Crippen MR) is 65.6 cm³/mol. The highest BCUT2D eigenvalue weighted by Gasteiger charge is 2.11. The van der Waals surface area contributed by atoms with Crippen LogP contribution in [0.3, 0.4) is 0 Å². The number of nitrogens with two attached hydrogens (primary N) is 1. The molecule has 6 heteroatoms. The highest BCUT2D eigenvalue weighted by Crippen LogP contribution is 2.28. The molecule has 2 heterocycles. The summed E-state index contributed by atoms with van der Waals surface area (Å²) in [4.78, 5) is 8.21. The van der Waals surface area contributed by atoms with Gasteiger partial charge in [0.25, 0.3) is 0 Å². The van der Waals surface area contributed by atoms with Crippen LogP contribution in [-0.2, 0) is 6.54 Å². The van der Waals surface area contributed by atoms with E-state index in [9.17, 15) is 0 Å².